The second kappa shape index (κ2) is 4.82. The van der Waals surface area contributed by atoms with Gasteiger partial charge in [0.25, 0.3) is 0 Å². The SMILES string of the molecule is COc1cccc2nc(N3CCNCC3)ccc12. The number of fused-ring (bicyclic) bond motifs is 1. The van der Waals surface area contributed by atoms with Crippen molar-refractivity contribution in [3.63, 3.8) is 0 Å². The number of piperazine rings is 1. The van der Waals surface area contributed by atoms with Gasteiger partial charge in [-0.25, -0.2) is 4.98 Å². The summed E-state index contributed by atoms with van der Waals surface area (Å²) in [4.78, 5) is 7.04. The van der Waals surface area contributed by atoms with Crippen molar-refractivity contribution in [2.24, 2.45) is 0 Å². The first-order valence-corrected chi connectivity index (χ1v) is 6.28. The van der Waals surface area contributed by atoms with Crippen molar-refractivity contribution in [1.82, 2.24) is 10.3 Å². The summed E-state index contributed by atoms with van der Waals surface area (Å²) in [6, 6.07) is 10.2. The van der Waals surface area contributed by atoms with Crippen LogP contribution in [0.25, 0.3) is 10.9 Å². The summed E-state index contributed by atoms with van der Waals surface area (Å²) in [5, 5.41) is 4.42. The Morgan fingerprint density at radius 1 is 1.17 bits per heavy atom. The first kappa shape index (κ1) is 11.3. The monoisotopic (exact) mass is 243 g/mol. The van der Waals surface area contributed by atoms with Crippen molar-refractivity contribution in [3.05, 3.63) is 30.3 Å². The van der Waals surface area contributed by atoms with E-state index in [9.17, 15) is 0 Å². The van der Waals surface area contributed by atoms with E-state index >= 15 is 0 Å². The molecular formula is C14H17N3O. The molecule has 1 aliphatic heterocycles. The molecule has 0 spiro atoms. The minimum Gasteiger partial charge on any atom is -0.496 e. The molecule has 94 valence electrons. The van der Waals surface area contributed by atoms with Crippen LogP contribution in [0.2, 0.25) is 0 Å². The zero-order chi connectivity index (χ0) is 12.4. The Hall–Kier alpha value is -1.81. The van der Waals surface area contributed by atoms with Crippen LogP contribution in [0, 0.1) is 0 Å². The fourth-order valence-electron chi connectivity index (χ4n) is 2.36. The molecule has 0 bridgehead atoms. The van der Waals surface area contributed by atoms with E-state index in [4.69, 9.17) is 9.72 Å². The number of hydrogen-bond acceptors (Lipinski definition) is 4. The second-order valence-corrected chi connectivity index (χ2v) is 4.43. The van der Waals surface area contributed by atoms with Crippen molar-refractivity contribution in [1.29, 1.82) is 0 Å². The van der Waals surface area contributed by atoms with Crippen LogP contribution in [-0.4, -0.2) is 38.3 Å². The number of methoxy groups -OCH3 is 1. The molecule has 18 heavy (non-hydrogen) atoms. The van der Waals surface area contributed by atoms with Gasteiger partial charge in [-0.3, -0.25) is 0 Å². The number of rotatable bonds is 2. The summed E-state index contributed by atoms with van der Waals surface area (Å²) in [6.07, 6.45) is 0. The zero-order valence-electron chi connectivity index (χ0n) is 10.5. The Labute approximate surface area is 107 Å². The van der Waals surface area contributed by atoms with E-state index in [0.29, 0.717) is 0 Å². The van der Waals surface area contributed by atoms with Crippen LogP contribution in [0.1, 0.15) is 0 Å². The fourth-order valence-corrected chi connectivity index (χ4v) is 2.36. The quantitative estimate of drug-likeness (QED) is 0.870. The standard InChI is InChI=1S/C14H17N3O/c1-18-13-4-2-3-12-11(13)5-6-14(16-12)17-9-7-15-8-10-17/h2-6,15H,7-10H2,1H3. The van der Waals surface area contributed by atoms with Crippen molar-refractivity contribution < 1.29 is 4.74 Å². The molecular weight excluding hydrogens is 226 g/mol. The summed E-state index contributed by atoms with van der Waals surface area (Å²) in [5.74, 6) is 1.93. The maximum atomic E-state index is 5.35. The van der Waals surface area contributed by atoms with Gasteiger partial charge in [0.2, 0.25) is 0 Å². The maximum absolute atomic E-state index is 5.35. The molecule has 2 heterocycles. The Morgan fingerprint density at radius 3 is 2.78 bits per heavy atom. The van der Waals surface area contributed by atoms with E-state index in [-0.39, 0.29) is 0 Å². The van der Waals surface area contributed by atoms with Gasteiger partial charge >= 0.3 is 0 Å². The molecule has 3 rings (SSSR count). The smallest absolute Gasteiger partial charge is 0.129 e. The average molecular weight is 243 g/mol. The third-order valence-electron chi connectivity index (χ3n) is 3.34. The Bertz CT molecular complexity index is 550. The normalized spacial score (nSPS) is 15.9. The molecule has 0 aliphatic carbocycles. The van der Waals surface area contributed by atoms with Crippen LogP contribution in [-0.2, 0) is 0 Å². The van der Waals surface area contributed by atoms with Crippen LogP contribution in [0.5, 0.6) is 5.75 Å². The van der Waals surface area contributed by atoms with E-state index in [1.165, 1.54) is 0 Å². The number of hydrogen-bond donors (Lipinski definition) is 1. The van der Waals surface area contributed by atoms with Crippen molar-refractivity contribution in [3.8, 4) is 5.75 Å². The second-order valence-electron chi connectivity index (χ2n) is 4.43. The molecule has 1 N–H and O–H groups in total. The highest BCUT2D eigenvalue weighted by molar-refractivity contribution is 5.86. The van der Waals surface area contributed by atoms with Gasteiger partial charge in [-0.15, -0.1) is 0 Å². The number of aromatic nitrogens is 1. The fraction of sp³-hybridized carbons (Fsp3) is 0.357. The lowest BCUT2D eigenvalue weighted by Gasteiger charge is -2.28. The molecule has 1 aromatic heterocycles. The van der Waals surface area contributed by atoms with E-state index in [1.54, 1.807) is 7.11 Å². The first-order chi connectivity index (χ1) is 8.88. The van der Waals surface area contributed by atoms with Crippen LogP contribution >= 0.6 is 0 Å². The predicted molar refractivity (Wildman–Crippen MR) is 73.4 cm³/mol. The average Bonchev–Trinajstić information content (AvgIpc) is 2.47. The summed E-state index contributed by atoms with van der Waals surface area (Å²) >= 11 is 0. The van der Waals surface area contributed by atoms with E-state index < -0.39 is 0 Å². The first-order valence-electron chi connectivity index (χ1n) is 6.28. The zero-order valence-corrected chi connectivity index (χ0v) is 10.5. The van der Waals surface area contributed by atoms with Crippen LogP contribution < -0.4 is 15.0 Å². The molecule has 0 amide bonds. The van der Waals surface area contributed by atoms with E-state index in [2.05, 4.69) is 22.3 Å². The summed E-state index contributed by atoms with van der Waals surface area (Å²) < 4.78 is 5.35. The minimum atomic E-state index is 0.881. The molecule has 4 nitrogen and oxygen atoms in total. The molecule has 1 fully saturated rings. The lowest BCUT2D eigenvalue weighted by atomic mass is 10.2. The van der Waals surface area contributed by atoms with Crippen LogP contribution in [0.4, 0.5) is 5.82 Å². The van der Waals surface area contributed by atoms with Gasteiger partial charge in [0.05, 0.1) is 12.6 Å². The summed E-state index contributed by atoms with van der Waals surface area (Å²) in [5.41, 5.74) is 0.991. The van der Waals surface area contributed by atoms with Gasteiger partial charge < -0.3 is 15.0 Å². The molecule has 0 unspecified atom stereocenters. The maximum Gasteiger partial charge on any atom is 0.129 e. The van der Waals surface area contributed by atoms with Crippen molar-refractivity contribution in [2.75, 3.05) is 38.2 Å². The number of ether oxygens (including phenoxy) is 1. The highest BCUT2D eigenvalue weighted by Gasteiger charge is 2.12. The minimum absolute atomic E-state index is 0.881. The van der Waals surface area contributed by atoms with Gasteiger partial charge in [0.15, 0.2) is 0 Å². The molecule has 0 atom stereocenters. The molecule has 1 saturated heterocycles. The van der Waals surface area contributed by atoms with Crippen molar-refractivity contribution in [2.45, 2.75) is 0 Å². The molecule has 2 aromatic rings. The Kier molecular flexibility index (Phi) is 3.02. The highest BCUT2D eigenvalue weighted by atomic mass is 16.5. The number of nitrogens with zero attached hydrogens (tertiary/aromatic N) is 2. The van der Waals surface area contributed by atoms with Crippen LogP contribution in [0.3, 0.4) is 0 Å². The largest absolute Gasteiger partial charge is 0.496 e. The van der Waals surface area contributed by atoms with Gasteiger partial charge in [0, 0.05) is 31.6 Å². The van der Waals surface area contributed by atoms with E-state index in [0.717, 1.165) is 48.6 Å². The Morgan fingerprint density at radius 2 is 2.00 bits per heavy atom. The summed E-state index contributed by atoms with van der Waals surface area (Å²) in [7, 11) is 1.69. The van der Waals surface area contributed by atoms with Gasteiger partial charge in [-0.05, 0) is 24.3 Å². The Balaban J connectivity index is 2.00. The number of nitrogens with one attached hydrogen (secondary N) is 1. The lowest BCUT2D eigenvalue weighted by Crippen LogP contribution is -2.43. The molecule has 0 radical (unpaired) electrons. The van der Waals surface area contributed by atoms with Gasteiger partial charge in [0.1, 0.15) is 11.6 Å². The number of pyridine rings is 1. The molecule has 1 aliphatic rings. The van der Waals surface area contributed by atoms with Gasteiger partial charge in [-0.1, -0.05) is 6.07 Å². The predicted octanol–water partition coefficient (Wildman–Crippen LogP) is 1.65. The van der Waals surface area contributed by atoms with E-state index in [1.807, 2.05) is 18.2 Å². The third kappa shape index (κ3) is 1.99. The number of anilines is 1. The number of benzene rings is 1. The van der Waals surface area contributed by atoms with Crippen LogP contribution in [0.15, 0.2) is 30.3 Å². The van der Waals surface area contributed by atoms with Crippen molar-refractivity contribution >= 4 is 16.7 Å². The topological polar surface area (TPSA) is 37.4 Å². The molecule has 0 saturated carbocycles. The van der Waals surface area contributed by atoms with Gasteiger partial charge in [-0.2, -0.15) is 0 Å². The third-order valence-corrected chi connectivity index (χ3v) is 3.34. The highest BCUT2D eigenvalue weighted by Crippen LogP contribution is 2.26. The lowest BCUT2D eigenvalue weighted by molar-refractivity contribution is 0.420. The summed E-state index contributed by atoms with van der Waals surface area (Å²) in [6.45, 7) is 4.08. The molecule has 1 aromatic carbocycles. The molecule has 4 heteroatoms.